The fourth-order valence-electron chi connectivity index (χ4n) is 3.08. The van der Waals surface area contributed by atoms with E-state index in [0.717, 1.165) is 5.69 Å². The van der Waals surface area contributed by atoms with Crippen LogP contribution in [0.5, 0.6) is 0 Å². The van der Waals surface area contributed by atoms with Gasteiger partial charge in [0.15, 0.2) is 0 Å². The maximum atomic E-state index is 4.72. The van der Waals surface area contributed by atoms with Crippen LogP contribution in [0.2, 0.25) is 0 Å². The zero-order valence-electron chi connectivity index (χ0n) is 11.8. The van der Waals surface area contributed by atoms with Crippen LogP contribution in [-0.2, 0) is 0 Å². The molecule has 2 unspecified atom stereocenters. The predicted octanol–water partition coefficient (Wildman–Crippen LogP) is 4.02. The van der Waals surface area contributed by atoms with Gasteiger partial charge < -0.3 is 0 Å². The second kappa shape index (κ2) is 3.71. The van der Waals surface area contributed by atoms with Crippen LogP contribution < -0.4 is 0 Å². The number of rotatable bonds is 0. The summed E-state index contributed by atoms with van der Waals surface area (Å²) in [6.07, 6.45) is 0. The van der Waals surface area contributed by atoms with E-state index in [1.165, 1.54) is 28.1 Å². The number of hydrogen-bond donors (Lipinski definition) is 0. The van der Waals surface area contributed by atoms with Gasteiger partial charge in [0, 0.05) is 5.92 Å². The Morgan fingerprint density at radius 2 is 1.78 bits per heavy atom. The summed E-state index contributed by atoms with van der Waals surface area (Å²) in [6, 6.07) is 6.70. The van der Waals surface area contributed by atoms with Gasteiger partial charge in [-0.1, -0.05) is 31.5 Å². The lowest BCUT2D eigenvalue weighted by molar-refractivity contribution is 0.549. The first-order valence-electron chi connectivity index (χ1n) is 6.67. The van der Waals surface area contributed by atoms with Gasteiger partial charge in [-0.05, 0) is 43.9 Å². The quantitative estimate of drug-likeness (QED) is 0.680. The molecule has 1 aromatic heterocycles. The summed E-state index contributed by atoms with van der Waals surface area (Å²) >= 11 is 0. The van der Waals surface area contributed by atoms with Gasteiger partial charge in [0.25, 0.3) is 0 Å². The van der Waals surface area contributed by atoms with Gasteiger partial charge >= 0.3 is 0 Å². The highest BCUT2D eigenvalue weighted by atomic mass is 15.3. The number of nitrogens with zero attached hydrogens (tertiary/aromatic N) is 2. The summed E-state index contributed by atoms with van der Waals surface area (Å²) in [5, 5.41) is 4.72. The molecule has 0 aliphatic carbocycles. The zero-order valence-corrected chi connectivity index (χ0v) is 11.8. The molecule has 0 amide bonds. The molecule has 0 N–H and O–H groups in total. The molecular formula is C16H20N2. The third kappa shape index (κ3) is 1.38. The second-order valence-corrected chi connectivity index (χ2v) is 5.65. The van der Waals surface area contributed by atoms with E-state index in [1.807, 2.05) is 0 Å². The first-order valence-corrected chi connectivity index (χ1v) is 6.67. The third-order valence-corrected chi connectivity index (χ3v) is 4.49. The summed E-state index contributed by atoms with van der Waals surface area (Å²) < 4.78 is 2.16. The van der Waals surface area contributed by atoms with Crippen LogP contribution in [0.1, 0.15) is 53.8 Å². The largest absolute Gasteiger partial charge is 0.237 e. The van der Waals surface area contributed by atoms with Crippen LogP contribution in [0.15, 0.2) is 18.2 Å². The van der Waals surface area contributed by atoms with Crippen molar-refractivity contribution < 1.29 is 0 Å². The molecule has 0 spiro atoms. The average molecular weight is 240 g/mol. The van der Waals surface area contributed by atoms with Crippen molar-refractivity contribution in [1.82, 2.24) is 9.78 Å². The normalized spacial score (nSPS) is 21.6. The fraction of sp³-hybridized carbons (Fsp3) is 0.438. The molecule has 1 aliphatic rings. The summed E-state index contributed by atoms with van der Waals surface area (Å²) in [5.41, 5.74) is 7.90. The van der Waals surface area contributed by atoms with Gasteiger partial charge in [-0.3, -0.25) is 0 Å². The smallest absolute Gasteiger partial charge is 0.0684 e. The summed E-state index contributed by atoms with van der Waals surface area (Å²) in [7, 11) is 0. The Kier molecular flexibility index (Phi) is 2.37. The van der Waals surface area contributed by atoms with E-state index in [4.69, 9.17) is 5.10 Å². The lowest BCUT2D eigenvalue weighted by atomic mass is 9.81. The summed E-state index contributed by atoms with van der Waals surface area (Å²) in [4.78, 5) is 0. The van der Waals surface area contributed by atoms with Gasteiger partial charge in [0.05, 0.1) is 17.1 Å². The van der Waals surface area contributed by atoms with Crippen molar-refractivity contribution in [3.63, 3.8) is 0 Å². The first kappa shape index (κ1) is 11.5. The third-order valence-electron chi connectivity index (χ3n) is 4.49. The van der Waals surface area contributed by atoms with Crippen molar-refractivity contribution >= 4 is 0 Å². The summed E-state index contributed by atoms with van der Waals surface area (Å²) in [6.45, 7) is 11.1. The maximum Gasteiger partial charge on any atom is 0.0684 e. The summed E-state index contributed by atoms with van der Waals surface area (Å²) in [5.74, 6) is 1.09. The highest BCUT2D eigenvalue weighted by Gasteiger charge is 2.31. The van der Waals surface area contributed by atoms with E-state index in [-0.39, 0.29) is 0 Å². The van der Waals surface area contributed by atoms with Crippen LogP contribution in [0.25, 0.3) is 5.69 Å². The molecule has 2 aromatic rings. The number of aryl methyl sites for hydroxylation is 2. The molecule has 2 nitrogen and oxygen atoms in total. The minimum absolute atomic E-state index is 0.528. The predicted molar refractivity (Wildman–Crippen MR) is 74.6 cm³/mol. The fourth-order valence-corrected chi connectivity index (χ4v) is 3.08. The molecule has 2 heteroatoms. The molecule has 2 heterocycles. The standard InChI is InChI=1S/C16H20N2/c1-9-6-7-15-14(8-9)10(2)11(3)16-12(4)13(5)17-18(15)16/h6-8,10-11H,1-5H3. The number of fused-ring (bicyclic) bond motifs is 3. The lowest BCUT2D eigenvalue weighted by Crippen LogP contribution is -2.20. The molecule has 1 aromatic carbocycles. The molecule has 94 valence electrons. The zero-order chi connectivity index (χ0) is 13.0. The minimum Gasteiger partial charge on any atom is -0.237 e. The molecule has 0 saturated heterocycles. The molecule has 0 saturated carbocycles. The number of aromatic nitrogens is 2. The Balaban J connectivity index is 2.34. The molecule has 18 heavy (non-hydrogen) atoms. The SMILES string of the molecule is Cc1ccc2c(c1)C(C)C(C)c1c(C)c(C)nn1-2. The Morgan fingerprint density at radius 3 is 2.50 bits per heavy atom. The minimum atomic E-state index is 0.528. The van der Waals surface area contributed by atoms with E-state index in [9.17, 15) is 0 Å². The van der Waals surface area contributed by atoms with Crippen LogP contribution in [0.3, 0.4) is 0 Å². The number of hydrogen-bond acceptors (Lipinski definition) is 1. The molecular weight excluding hydrogens is 220 g/mol. The van der Waals surface area contributed by atoms with Crippen LogP contribution in [0, 0.1) is 20.8 Å². The van der Waals surface area contributed by atoms with E-state index in [2.05, 4.69) is 57.5 Å². The van der Waals surface area contributed by atoms with E-state index in [0.29, 0.717) is 11.8 Å². The first-order chi connectivity index (χ1) is 8.50. The Labute approximate surface area is 109 Å². The molecule has 0 radical (unpaired) electrons. The molecule has 0 fully saturated rings. The van der Waals surface area contributed by atoms with E-state index in [1.54, 1.807) is 0 Å². The van der Waals surface area contributed by atoms with Crippen molar-refractivity contribution in [2.24, 2.45) is 0 Å². The van der Waals surface area contributed by atoms with Crippen molar-refractivity contribution in [3.8, 4) is 5.69 Å². The van der Waals surface area contributed by atoms with Crippen molar-refractivity contribution in [3.05, 3.63) is 46.3 Å². The van der Waals surface area contributed by atoms with Gasteiger partial charge in [-0.25, -0.2) is 4.68 Å². The molecule has 2 atom stereocenters. The lowest BCUT2D eigenvalue weighted by Gasteiger charge is -2.30. The topological polar surface area (TPSA) is 17.8 Å². The average Bonchev–Trinajstić information content (AvgIpc) is 2.63. The van der Waals surface area contributed by atoms with Gasteiger partial charge in [-0.2, -0.15) is 5.10 Å². The van der Waals surface area contributed by atoms with Gasteiger partial charge in [-0.15, -0.1) is 0 Å². The molecule has 1 aliphatic heterocycles. The van der Waals surface area contributed by atoms with Crippen molar-refractivity contribution in [2.45, 2.75) is 46.5 Å². The Morgan fingerprint density at radius 1 is 1.06 bits per heavy atom. The van der Waals surface area contributed by atoms with Crippen LogP contribution in [0.4, 0.5) is 0 Å². The molecule has 0 bridgehead atoms. The van der Waals surface area contributed by atoms with Crippen molar-refractivity contribution in [1.29, 1.82) is 0 Å². The highest BCUT2D eigenvalue weighted by Crippen LogP contribution is 2.42. The van der Waals surface area contributed by atoms with E-state index < -0.39 is 0 Å². The number of benzene rings is 1. The van der Waals surface area contributed by atoms with Gasteiger partial charge in [0.1, 0.15) is 0 Å². The Hall–Kier alpha value is -1.57. The van der Waals surface area contributed by atoms with Crippen LogP contribution in [-0.4, -0.2) is 9.78 Å². The second-order valence-electron chi connectivity index (χ2n) is 5.65. The maximum absolute atomic E-state index is 4.72. The Bertz CT molecular complexity index is 622. The monoisotopic (exact) mass is 240 g/mol. The highest BCUT2D eigenvalue weighted by molar-refractivity contribution is 5.52. The van der Waals surface area contributed by atoms with E-state index >= 15 is 0 Å². The van der Waals surface area contributed by atoms with Gasteiger partial charge in [0.2, 0.25) is 0 Å². The molecule has 3 rings (SSSR count). The van der Waals surface area contributed by atoms with Crippen molar-refractivity contribution in [2.75, 3.05) is 0 Å². The van der Waals surface area contributed by atoms with Crippen LogP contribution >= 0.6 is 0 Å².